The molecule has 0 radical (unpaired) electrons. The SMILES string of the molecule is CN(CC(=O)Nc1cc(Cl)c(Cl)cc1Cl)[C@H]1CCc2ccccc21. The third-order valence-electron chi connectivity index (χ3n) is 4.31. The highest BCUT2D eigenvalue weighted by Crippen LogP contribution is 2.35. The van der Waals surface area contributed by atoms with Gasteiger partial charge in [-0.1, -0.05) is 59.1 Å². The Morgan fingerprint density at radius 3 is 2.67 bits per heavy atom. The summed E-state index contributed by atoms with van der Waals surface area (Å²) in [6.45, 7) is 0.273. The molecule has 3 nitrogen and oxygen atoms in total. The Balaban J connectivity index is 1.66. The molecule has 1 N–H and O–H groups in total. The maximum absolute atomic E-state index is 12.4. The number of hydrogen-bond donors (Lipinski definition) is 1. The first kappa shape index (κ1) is 17.6. The van der Waals surface area contributed by atoms with Gasteiger partial charge in [-0.15, -0.1) is 0 Å². The number of fused-ring (bicyclic) bond motifs is 1. The highest BCUT2D eigenvalue weighted by molar-refractivity contribution is 6.44. The Morgan fingerprint density at radius 2 is 1.88 bits per heavy atom. The monoisotopic (exact) mass is 382 g/mol. The largest absolute Gasteiger partial charge is 0.324 e. The lowest BCUT2D eigenvalue weighted by molar-refractivity contribution is -0.117. The summed E-state index contributed by atoms with van der Waals surface area (Å²) in [6.07, 6.45) is 2.07. The van der Waals surface area contributed by atoms with Crippen LogP contribution in [-0.2, 0) is 11.2 Å². The maximum atomic E-state index is 12.4. The van der Waals surface area contributed by atoms with Crippen molar-refractivity contribution in [3.63, 3.8) is 0 Å². The van der Waals surface area contributed by atoms with Crippen molar-refractivity contribution in [2.24, 2.45) is 0 Å². The number of halogens is 3. The van der Waals surface area contributed by atoms with Gasteiger partial charge >= 0.3 is 0 Å². The van der Waals surface area contributed by atoms with E-state index in [-0.39, 0.29) is 18.5 Å². The number of anilines is 1. The molecule has 0 saturated carbocycles. The van der Waals surface area contributed by atoms with E-state index in [1.165, 1.54) is 17.2 Å². The molecule has 0 heterocycles. The molecule has 1 amide bonds. The summed E-state index contributed by atoms with van der Waals surface area (Å²) in [5.74, 6) is -0.137. The average Bonchev–Trinajstić information content (AvgIpc) is 2.96. The Kier molecular flexibility index (Phi) is 5.36. The first-order valence-corrected chi connectivity index (χ1v) is 8.81. The fraction of sp³-hybridized carbons (Fsp3) is 0.278. The third kappa shape index (κ3) is 3.70. The molecule has 0 unspecified atom stereocenters. The quantitative estimate of drug-likeness (QED) is 0.736. The molecular formula is C18H17Cl3N2O. The summed E-state index contributed by atoms with van der Waals surface area (Å²) in [7, 11) is 1.96. The molecule has 2 aromatic carbocycles. The summed E-state index contributed by atoms with van der Waals surface area (Å²) < 4.78 is 0. The van der Waals surface area contributed by atoms with E-state index in [9.17, 15) is 4.79 Å². The number of carbonyl (C=O) groups is 1. The van der Waals surface area contributed by atoms with E-state index < -0.39 is 0 Å². The van der Waals surface area contributed by atoms with Gasteiger partial charge in [0.15, 0.2) is 0 Å². The van der Waals surface area contributed by atoms with E-state index in [0.717, 1.165) is 12.8 Å². The molecule has 126 valence electrons. The minimum atomic E-state index is -0.137. The van der Waals surface area contributed by atoms with Gasteiger partial charge in [0.2, 0.25) is 5.91 Å². The van der Waals surface area contributed by atoms with Gasteiger partial charge in [-0.05, 0) is 43.1 Å². The summed E-state index contributed by atoms with van der Waals surface area (Å²) in [6, 6.07) is 11.7. The van der Waals surface area contributed by atoms with Gasteiger partial charge in [-0.2, -0.15) is 0 Å². The van der Waals surface area contributed by atoms with E-state index in [0.29, 0.717) is 20.8 Å². The highest BCUT2D eigenvalue weighted by atomic mass is 35.5. The van der Waals surface area contributed by atoms with Crippen LogP contribution in [0, 0.1) is 0 Å². The van der Waals surface area contributed by atoms with Gasteiger partial charge in [-0.3, -0.25) is 9.69 Å². The second-order valence-electron chi connectivity index (χ2n) is 5.96. The number of nitrogens with zero attached hydrogens (tertiary/aromatic N) is 1. The predicted octanol–water partition coefficient (Wildman–Crippen LogP) is 5.20. The van der Waals surface area contributed by atoms with Gasteiger partial charge in [0.25, 0.3) is 0 Å². The molecule has 6 heteroatoms. The molecule has 0 bridgehead atoms. The van der Waals surface area contributed by atoms with Crippen LogP contribution in [-0.4, -0.2) is 24.4 Å². The standard InChI is InChI=1S/C18H17Cl3N2O/c1-23(17-7-6-11-4-2-3-5-12(11)17)10-18(24)22-16-9-14(20)13(19)8-15(16)21/h2-5,8-9,17H,6-7,10H2,1H3,(H,22,24)/t17-/m0/s1. The van der Waals surface area contributed by atoms with Crippen LogP contribution in [0.3, 0.4) is 0 Å². The molecular weight excluding hydrogens is 367 g/mol. The molecule has 2 aromatic rings. The minimum Gasteiger partial charge on any atom is -0.324 e. The second-order valence-corrected chi connectivity index (χ2v) is 7.18. The molecule has 0 spiro atoms. The molecule has 24 heavy (non-hydrogen) atoms. The second kappa shape index (κ2) is 7.32. The van der Waals surface area contributed by atoms with Gasteiger partial charge < -0.3 is 5.32 Å². The van der Waals surface area contributed by atoms with Crippen LogP contribution in [0.15, 0.2) is 36.4 Å². The number of hydrogen-bond acceptors (Lipinski definition) is 2. The Bertz CT molecular complexity index is 779. The first-order chi connectivity index (χ1) is 11.5. The lowest BCUT2D eigenvalue weighted by Gasteiger charge is -2.24. The topological polar surface area (TPSA) is 32.3 Å². The van der Waals surface area contributed by atoms with Crippen LogP contribution in [0.4, 0.5) is 5.69 Å². The first-order valence-electron chi connectivity index (χ1n) is 7.68. The van der Waals surface area contributed by atoms with Crippen LogP contribution < -0.4 is 5.32 Å². The predicted molar refractivity (Wildman–Crippen MR) is 100 cm³/mol. The lowest BCUT2D eigenvalue weighted by Crippen LogP contribution is -2.32. The van der Waals surface area contributed by atoms with Crippen molar-refractivity contribution in [2.45, 2.75) is 18.9 Å². The van der Waals surface area contributed by atoms with Crippen molar-refractivity contribution in [1.82, 2.24) is 4.90 Å². The number of aryl methyl sites for hydroxylation is 1. The number of nitrogens with one attached hydrogen (secondary N) is 1. The summed E-state index contributed by atoms with van der Waals surface area (Å²) >= 11 is 18.0. The van der Waals surface area contributed by atoms with E-state index >= 15 is 0 Å². The van der Waals surface area contributed by atoms with Crippen LogP contribution >= 0.6 is 34.8 Å². The van der Waals surface area contributed by atoms with Crippen molar-refractivity contribution >= 4 is 46.4 Å². The van der Waals surface area contributed by atoms with Gasteiger partial charge in [-0.25, -0.2) is 0 Å². The van der Waals surface area contributed by atoms with Crippen LogP contribution in [0.25, 0.3) is 0 Å². The fourth-order valence-corrected chi connectivity index (χ4v) is 3.73. The summed E-state index contributed by atoms with van der Waals surface area (Å²) in [5, 5.41) is 3.88. The van der Waals surface area contributed by atoms with Gasteiger partial charge in [0.1, 0.15) is 0 Å². The number of likely N-dealkylation sites (N-methyl/N-ethyl adjacent to an activating group) is 1. The minimum absolute atomic E-state index is 0.137. The normalized spacial score (nSPS) is 16.3. The third-order valence-corrected chi connectivity index (χ3v) is 5.35. The zero-order chi connectivity index (χ0) is 17.3. The molecule has 1 atom stereocenters. The molecule has 0 aromatic heterocycles. The van der Waals surface area contributed by atoms with Gasteiger partial charge in [0, 0.05) is 6.04 Å². The van der Waals surface area contributed by atoms with E-state index in [2.05, 4.69) is 28.4 Å². The van der Waals surface area contributed by atoms with Crippen LogP contribution in [0.2, 0.25) is 15.1 Å². The van der Waals surface area contributed by atoms with Crippen molar-refractivity contribution in [3.05, 3.63) is 62.6 Å². The average molecular weight is 384 g/mol. The van der Waals surface area contributed by atoms with E-state index in [1.807, 2.05) is 13.1 Å². The van der Waals surface area contributed by atoms with Crippen LogP contribution in [0.5, 0.6) is 0 Å². The highest BCUT2D eigenvalue weighted by Gasteiger charge is 2.26. The van der Waals surface area contributed by atoms with E-state index in [1.54, 1.807) is 6.07 Å². The van der Waals surface area contributed by atoms with Crippen molar-refractivity contribution in [1.29, 1.82) is 0 Å². The maximum Gasteiger partial charge on any atom is 0.238 e. The van der Waals surface area contributed by atoms with Crippen molar-refractivity contribution < 1.29 is 4.79 Å². The fourth-order valence-electron chi connectivity index (χ4n) is 3.14. The van der Waals surface area contributed by atoms with Gasteiger partial charge in [0.05, 0.1) is 27.3 Å². The zero-order valence-corrected chi connectivity index (χ0v) is 15.4. The summed E-state index contributed by atoms with van der Waals surface area (Å²) in [4.78, 5) is 14.4. The molecule has 3 rings (SSSR count). The molecule has 0 saturated heterocycles. The molecule has 0 fully saturated rings. The lowest BCUT2D eigenvalue weighted by atomic mass is 10.1. The Hall–Kier alpha value is -1.26. The Morgan fingerprint density at radius 1 is 1.17 bits per heavy atom. The molecule has 1 aliphatic rings. The van der Waals surface area contributed by atoms with Crippen molar-refractivity contribution in [2.75, 3.05) is 18.9 Å². The molecule has 1 aliphatic carbocycles. The number of carbonyl (C=O) groups excluding carboxylic acids is 1. The Labute approximate surface area is 156 Å². The smallest absolute Gasteiger partial charge is 0.238 e. The number of benzene rings is 2. The van der Waals surface area contributed by atoms with Crippen molar-refractivity contribution in [3.8, 4) is 0 Å². The zero-order valence-electron chi connectivity index (χ0n) is 13.2. The number of rotatable bonds is 4. The molecule has 0 aliphatic heterocycles. The van der Waals surface area contributed by atoms with Crippen LogP contribution in [0.1, 0.15) is 23.6 Å². The van der Waals surface area contributed by atoms with E-state index in [4.69, 9.17) is 34.8 Å². The number of amides is 1. The summed E-state index contributed by atoms with van der Waals surface area (Å²) in [5.41, 5.74) is 3.14.